The van der Waals surface area contributed by atoms with Gasteiger partial charge < -0.3 is 5.11 Å². The van der Waals surface area contributed by atoms with Crippen LogP contribution >= 0.6 is 0 Å². The predicted octanol–water partition coefficient (Wildman–Crippen LogP) is 1.60. The van der Waals surface area contributed by atoms with Crippen molar-refractivity contribution in [2.75, 3.05) is 0 Å². The van der Waals surface area contributed by atoms with Gasteiger partial charge in [0.25, 0.3) is 5.56 Å². The minimum absolute atomic E-state index is 0.123. The number of carboxylic acid groups (broad SMARTS) is 1. The van der Waals surface area contributed by atoms with Crippen LogP contribution in [0.25, 0.3) is 11.3 Å². The molecule has 1 aromatic heterocycles. The monoisotopic (exact) mass is 276 g/mol. The first kappa shape index (κ1) is 13.9. The van der Waals surface area contributed by atoms with Crippen LogP contribution < -0.4 is 5.56 Å². The van der Waals surface area contributed by atoms with E-state index < -0.39 is 5.97 Å². The zero-order chi connectivity index (χ0) is 14.7. The highest BCUT2D eigenvalue weighted by Gasteiger charge is 2.09. The van der Waals surface area contributed by atoms with Crippen molar-refractivity contribution >= 4 is 5.97 Å². The lowest BCUT2D eigenvalue weighted by atomic mass is 10.1. The highest BCUT2D eigenvalue weighted by molar-refractivity contribution is 5.67. The number of carboxylic acids is 1. The number of hydrogen-bond acceptors (Lipinski definition) is 3. The summed E-state index contributed by atoms with van der Waals surface area (Å²) in [5.74, 6) is -1.32. The van der Waals surface area contributed by atoms with Crippen molar-refractivity contribution in [3.63, 3.8) is 0 Å². The van der Waals surface area contributed by atoms with E-state index in [1.165, 1.54) is 19.2 Å². The van der Waals surface area contributed by atoms with Crippen LogP contribution in [0.1, 0.15) is 12.0 Å². The van der Waals surface area contributed by atoms with Gasteiger partial charge in [0.2, 0.25) is 0 Å². The summed E-state index contributed by atoms with van der Waals surface area (Å²) in [5.41, 5.74) is 1.23. The fourth-order valence-electron chi connectivity index (χ4n) is 1.85. The zero-order valence-corrected chi connectivity index (χ0v) is 10.8. The van der Waals surface area contributed by atoms with Crippen LogP contribution in [0.5, 0.6) is 0 Å². The van der Waals surface area contributed by atoms with E-state index in [0.29, 0.717) is 16.8 Å². The first-order valence-electron chi connectivity index (χ1n) is 6.02. The minimum atomic E-state index is -0.966. The Morgan fingerprint density at radius 2 is 2.00 bits per heavy atom. The Kier molecular flexibility index (Phi) is 3.93. The molecule has 2 rings (SSSR count). The second kappa shape index (κ2) is 5.64. The fraction of sp³-hybridized carbons (Fsp3) is 0.214. The van der Waals surface area contributed by atoms with Crippen molar-refractivity contribution in [2.24, 2.45) is 7.05 Å². The smallest absolute Gasteiger partial charge is 0.303 e. The minimum Gasteiger partial charge on any atom is -0.481 e. The molecule has 20 heavy (non-hydrogen) atoms. The van der Waals surface area contributed by atoms with Crippen molar-refractivity contribution < 1.29 is 14.3 Å². The Morgan fingerprint density at radius 1 is 1.35 bits per heavy atom. The maximum atomic E-state index is 12.9. The molecule has 2 aromatic rings. The van der Waals surface area contributed by atoms with Gasteiger partial charge in [-0.15, -0.1) is 0 Å². The van der Waals surface area contributed by atoms with Gasteiger partial charge in [-0.1, -0.05) is 0 Å². The third kappa shape index (κ3) is 3.09. The predicted molar refractivity (Wildman–Crippen MR) is 70.8 cm³/mol. The number of nitrogens with zero attached hydrogens (tertiary/aromatic N) is 2. The number of benzene rings is 1. The molecule has 0 unspecified atom stereocenters. The molecule has 0 radical (unpaired) electrons. The van der Waals surface area contributed by atoms with Crippen LogP contribution in [-0.4, -0.2) is 20.9 Å². The normalized spacial score (nSPS) is 10.5. The number of rotatable bonds is 4. The molecule has 0 fully saturated rings. The third-order valence-electron chi connectivity index (χ3n) is 2.89. The van der Waals surface area contributed by atoms with Gasteiger partial charge >= 0.3 is 5.97 Å². The molecule has 0 aliphatic rings. The van der Waals surface area contributed by atoms with Crippen LogP contribution in [0.4, 0.5) is 4.39 Å². The molecule has 0 spiro atoms. The Morgan fingerprint density at radius 3 is 2.60 bits per heavy atom. The standard InChI is InChI=1S/C14H13FN2O3/c1-17-14(20)10(4-7-13(18)19)8-12(16-17)9-2-5-11(15)6-3-9/h2-3,5-6,8H,4,7H2,1H3,(H,18,19). The molecule has 0 atom stereocenters. The average molecular weight is 276 g/mol. The van der Waals surface area contributed by atoms with Gasteiger partial charge in [-0.05, 0) is 36.8 Å². The molecule has 104 valence electrons. The Balaban J connectivity index is 2.42. The van der Waals surface area contributed by atoms with E-state index in [1.807, 2.05) is 0 Å². The van der Waals surface area contributed by atoms with Crippen molar-refractivity contribution in [1.82, 2.24) is 9.78 Å². The maximum Gasteiger partial charge on any atom is 0.303 e. The van der Waals surface area contributed by atoms with E-state index in [4.69, 9.17) is 5.11 Å². The first-order valence-corrected chi connectivity index (χ1v) is 6.02. The summed E-state index contributed by atoms with van der Waals surface area (Å²) < 4.78 is 14.1. The molecule has 0 bridgehead atoms. The van der Waals surface area contributed by atoms with Gasteiger partial charge in [0, 0.05) is 24.6 Å². The number of halogens is 1. The molecular weight excluding hydrogens is 263 g/mol. The first-order chi connectivity index (χ1) is 9.47. The average Bonchev–Trinajstić information content (AvgIpc) is 2.41. The lowest BCUT2D eigenvalue weighted by Crippen LogP contribution is -2.24. The van der Waals surface area contributed by atoms with Gasteiger partial charge in [-0.25, -0.2) is 9.07 Å². The van der Waals surface area contributed by atoms with E-state index in [-0.39, 0.29) is 24.2 Å². The van der Waals surface area contributed by atoms with Crippen molar-refractivity contribution in [1.29, 1.82) is 0 Å². The molecule has 1 N–H and O–H groups in total. The van der Waals surface area contributed by atoms with E-state index in [0.717, 1.165) is 4.68 Å². The highest BCUT2D eigenvalue weighted by Crippen LogP contribution is 2.17. The number of aliphatic carboxylic acids is 1. The molecule has 0 amide bonds. The molecule has 5 nitrogen and oxygen atoms in total. The van der Waals surface area contributed by atoms with Crippen molar-refractivity contribution in [3.8, 4) is 11.3 Å². The molecule has 0 aliphatic heterocycles. The molecule has 0 saturated heterocycles. The van der Waals surface area contributed by atoms with Gasteiger partial charge in [0.05, 0.1) is 5.69 Å². The third-order valence-corrected chi connectivity index (χ3v) is 2.89. The second-order valence-electron chi connectivity index (χ2n) is 4.38. The molecule has 6 heteroatoms. The van der Waals surface area contributed by atoms with Crippen LogP contribution in [0.15, 0.2) is 35.1 Å². The second-order valence-corrected chi connectivity index (χ2v) is 4.38. The lowest BCUT2D eigenvalue weighted by Gasteiger charge is -2.07. The van der Waals surface area contributed by atoms with E-state index in [9.17, 15) is 14.0 Å². The van der Waals surface area contributed by atoms with E-state index >= 15 is 0 Å². The quantitative estimate of drug-likeness (QED) is 0.920. The van der Waals surface area contributed by atoms with Crippen LogP contribution in [0.3, 0.4) is 0 Å². The van der Waals surface area contributed by atoms with Crippen LogP contribution in [0.2, 0.25) is 0 Å². The molecule has 0 aliphatic carbocycles. The van der Waals surface area contributed by atoms with Gasteiger partial charge in [0.1, 0.15) is 5.82 Å². The van der Waals surface area contributed by atoms with E-state index in [1.54, 1.807) is 18.2 Å². The zero-order valence-electron chi connectivity index (χ0n) is 10.8. The number of carbonyl (C=O) groups is 1. The van der Waals surface area contributed by atoms with Crippen molar-refractivity contribution in [2.45, 2.75) is 12.8 Å². The Hall–Kier alpha value is -2.50. The maximum absolute atomic E-state index is 12.9. The summed E-state index contributed by atoms with van der Waals surface area (Å²) in [5, 5.41) is 12.8. The Bertz CT molecular complexity index is 693. The summed E-state index contributed by atoms with van der Waals surface area (Å²) in [7, 11) is 1.50. The van der Waals surface area contributed by atoms with Gasteiger partial charge in [-0.3, -0.25) is 9.59 Å². The Labute approximate surface area is 114 Å². The molecule has 0 saturated carbocycles. The number of aromatic nitrogens is 2. The summed E-state index contributed by atoms with van der Waals surface area (Å²) in [6.45, 7) is 0. The summed E-state index contributed by atoms with van der Waals surface area (Å²) in [6.07, 6.45) is 0.0147. The van der Waals surface area contributed by atoms with Crippen molar-refractivity contribution in [3.05, 3.63) is 52.1 Å². The number of hydrogen-bond donors (Lipinski definition) is 1. The van der Waals surface area contributed by atoms with Gasteiger partial charge in [-0.2, -0.15) is 5.10 Å². The molecular formula is C14H13FN2O3. The largest absolute Gasteiger partial charge is 0.481 e. The van der Waals surface area contributed by atoms with Crippen LogP contribution in [0, 0.1) is 5.82 Å². The fourth-order valence-corrected chi connectivity index (χ4v) is 1.85. The van der Waals surface area contributed by atoms with Crippen LogP contribution in [-0.2, 0) is 18.3 Å². The highest BCUT2D eigenvalue weighted by atomic mass is 19.1. The molecule has 1 aromatic carbocycles. The number of aryl methyl sites for hydroxylation is 2. The summed E-state index contributed by atoms with van der Waals surface area (Å²) in [6, 6.07) is 7.28. The lowest BCUT2D eigenvalue weighted by molar-refractivity contribution is -0.136. The summed E-state index contributed by atoms with van der Waals surface area (Å²) in [4.78, 5) is 22.5. The van der Waals surface area contributed by atoms with Gasteiger partial charge in [0.15, 0.2) is 0 Å². The topological polar surface area (TPSA) is 72.2 Å². The SMILES string of the molecule is Cn1nc(-c2ccc(F)cc2)cc(CCC(=O)O)c1=O. The molecule has 1 heterocycles. The summed E-state index contributed by atoms with van der Waals surface area (Å²) >= 11 is 0. The van der Waals surface area contributed by atoms with E-state index in [2.05, 4.69) is 5.10 Å².